The average Bonchev–Trinajstić information content (AvgIpc) is 3.10. The van der Waals surface area contributed by atoms with Gasteiger partial charge in [0.25, 0.3) is 5.91 Å². The Bertz CT molecular complexity index is 754. The van der Waals surface area contributed by atoms with Gasteiger partial charge in [0.15, 0.2) is 0 Å². The fourth-order valence-electron chi connectivity index (χ4n) is 3.39. The topological polar surface area (TPSA) is 59.0 Å². The monoisotopic (exact) mass is 410 g/mol. The normalized spacial score (nSPS) is 17.2. The maximum absolute atomic E-state index is 12.5. The molecule has 0 radical (unpaired) electrons. The van der Waals surface area contributed by atoms with Crippen molar-refractivity contribution in [1.29, 1.82) is 0 Å². The number of aromatic nitrogens is 2. The summed E-state index contributed by atoms with van der Waals surface area (Å²) in [5.41, 5.74) is 1.58. The number of piperidine rings is 1. The summed E-state index contributed by atoms with van der Waals surface area (Å²) < 4.78 is 1.91. The van der Waals surface area contributed by atoms with Crippen LogP contribution < -0.4 is 10.6 Å². The first-order chi connectivity index (χ1) is 12.4. The number of rotatable bonds is 6. The van der Waals surface area contributed by atoms with Crippen molar-refractivity contribution in [2.75, 3.05) is 19.6 Å². The molecule has 148 valence electrons. The van der Waals surface area contributed by atoms with E-state index in [9.17, 15) is 4.79 Å². The Morgan fingerprint density at radius 2 is 2.22 bits per heavy atom. The first-order valence-electron chi connectivity index (χ1n) is 9.21. The lowest BCUT2D eigenvalue weighted by Crippen LogP contribution is -2.36. The highest BCUT2D eigenvalue weighted by Gasteiger charge is 2.22. The van der Waals surface area contributed by atoms with E-state index in [1.54, 1.807) is 6.07 Å². The van der Waals surface area contributed by atoms with Gasteiger partial charge in [-0.1, -0.05) is 37.6 Å². The molecule has 7 heteroatoms. The Kier molecular flexibility index (Phi) is 7.71. The number of benzene rings is 1. The van der Waals surface area contributed by atoms with E-state index in [4.69, 9.17) is 11.6 Å². The van der Waals surface area contributed by atoms with Crippen molar-refractivity contribution in [1.82, 2.24) is 20.4 Å². The van der Waals surface area contributed by atoms with Crippen LogP contribution in [0.4, 0.5) is 0 Å². The zero-order valence-electron chi connectivity index (χ0n) is 15.9. The van der Waals surface area contributed by atoms with E-state index in [0.717, 1.165) is 37.4 Å². The second-order valence-electron chi connectivity index (χ2n) is 7.83. The summed E-state index contributed by atoms with van der Waals surface area (Å²) in [4.78, 5) is 12.5. The summed E-state index contributed by atoms with van der Waals surface area (Å²) in [5.74, 6) is -0.119. The highest BCUT2D eigenvalue weighted by Crippen LogP contribution is 2.23. The van der Waals surface area contributed by atoms with E-state index in [2.05, 4.69) is 35.6 Å². The van der Waals surface area contributed by atoms with Gasteiger partial charge in [-0.2, -0.15) is 5.10 Å². The van der Waals surface area contributed by atoms with Gasteiger partial charge in [0.1, 0.15) is 5.69 Å². The summed E-state index contributed by atoms with van der Waals surface area (Å²) in [6, 6.07) is 10.0. The zero-order valence-corrected chi connectivity index (χ0v) is 17.4. The summed E-state index contributed by atoms with van der Waals surface area (Å²) in [7, 11) is 0. The van der Waals surface area contributed by atoms with Gasteiger partial charge in [-0.05, 0) is 55.0 Å². The van der Waals surface area contributed by atoms with Crippen molar-refractivity contribution in [3.05, 3.63) is 52.8 Å². The fraction of sp³-hybridized carbons (Fsp3) is 0.500. The highest BCUT2D eigenvalue weighted by atomic mass is 35.5. The highest BCUT2D eigenvalue weighted by molar-refractivity contribution is 6.30. The van der Waals surface area contributed by atoms with Crippen LogP contribution in [0.2, 0.25) is 5.02 Å². The van der Waals surface area contributed by atoms with Crippen molar-refractivity contribution >= 4 is 29.9 Å². The number of nitrogens with one attached hydrogen (secondary N) is 2. The number of halogens is 2. The Hall–Kier alpha value is -1.56. The molecule has 27 heavy (non-hydrogen) atoms. The lowest BCUT2D eigenvalue weighted by molar-refractivity contribution is 0.0930. The summed E-state index contributed by atoms with van der Waals surface area (Å²) in [5, 5.41) is 11.6. The number of nitrogens with zero attached hydrogens (tertiary/aromatic N) is 2. The van der Waals surface area contributed by atoms with Crippen LogP contribution >= 0.6 is 24.0 Å². The fourth-order valence-corrected chi connectivity index (χ4v) is 3.61. The molecule has 1 unspecified atom stereocenters. The molecule has 1 aromatic carbocycles. The molecule has 0 spiro atoms. The van der Waals surface area contributed by atoms with Gasteiger partial charge in [-0.15, -0.1) is 12.4 Å². The molecule has 1 saturated heterocycles. The molecule has 1 aliphatic heterocycles. The SMILES string of the molecule is CC(C)(CNC(=O)c1ccn(C2CCCNC2)n1)Cc1cccc(Cl)c1.Cl. The van der Waals surface area contributed by atoms with Crippen molar-refractivity contribution < 1.29 is 4.79 Å². The van der Waals surface area contributed by atoms with Crippen molar-refractivity contribution in [3.63, 3.8) is 0 Å². The van der Waals surface area contributed by atoms with Gasteiger partial charge in [0.2, 0.25) is 0 Å². The van der Waals surface area contributed by atoms with Gasteiger partial charge in [0, 0.05) is 24.3 Å². The molecule has 0 bridgehead atoms. The minimum atomic E-state index is -0.119. The third-order valence-corrected chi connectivity index (χ3v) is 5.02. The van der Waals surface area contributed by atoms with Crippen molar-refractivity contribution in [2.45, 2.75) is 39.2 Å². The molecule has 1 fully saturated rings. The Morgan fingerprint density at radius 3 is 2.93 bits per heavy atom. The van der Waals surface area contributed by atoms with Crippen molar-refractivity contribution in [3.8, 4) is 0 Å². The second kappa shape index (κ2) is 9.58. The second-order valence-corrected chi connectivity index (χ2v) is 8.27. The number of hydrogen-bond acceptors (Lipinski definition) is 3. The van der Waals surface area contributed by atoms with Crippen molar-refractivity contribution in [2.24, 2.45) is 5.41 Å². The minimum Gasteiger partial charge on any atom is -0.350 e. The third-order valence-electron chi connectivity index (χ3n) is 4.79. The number of carbonyl (C=O) groups is 1. The molecule has 5 nitrogen and oxygen atoms in total. The van der Waals surface area contributed by atoms with Gasteiger partial charge in [-0.25, -0.2) is 0 Å². The lowest BCUT2D eigenvalue weighted by atomic mass is 9.85. The van der Waals surface area contributed by atoms with E-state index in [1.165, 1.54) is 5.56 Å². The van der Waals surface area contributed by atoms with Crippen LogP contribution in [0.5, 0.6) is 0 Å². The molecular weight excluding hydrogens is 383 g/mol. The van der Waals surface area contributed by atoms with Crippen LogP contribution in [-0.2, 0) is 6.42 Å². The quantitative estimate of drug-likeness (QED) is 0.759. The summed E-state index contributed by atoms with van der Waals surface area (Å²) in [6.07, 6.45) is 4.99. The third kappa shape index (κ3) is 6.23. The molecule has 2 N–H and O–H groups in total. The van der Waals surface area contributed by atoms with E-state index in [0.29, 0.717) is 18.3 Å². The van der Waals surface area contributed by atoms with Gasteiger partial charge in [-0.3, -0.25) is 9.48 Å². The van der Waals surface area contributed by atoms with Crippen LogP contribution in [0.25, 0.3) is 0 Å². The number of amides is 1. The Balaban J connectivity index is 0.00000261. The Morgan fingerprint density at radius 1 is 1.41 bits per heavy atom. The molecule has 0 aliphatic carbocycles. The molecule has 3 rings (SSSR count). The van der Waals surface area contributed by atoms with Crippen LogP contribution in [0.1, 0.15) is 48.8 Å². The first-order valence-corrected chi connectivity index (χ1v) is 9.59. The maximum Gasteiger partial charge on any atom is 0.271 e. The number of hydrogen-bond donors (Lipinski definition) is 2. The van der Waals surface area contributed by atoms with E-state index in [1.807, 2.05) is 29.1 Å². The first kappa shape index (κ1) is 21.7. The summed E-state index contributed by atoms with van der Waals surface area (Å²) in [6.45, 7) is 6.83. The summed E-state index contributed by atoms with van der Waals surface area (Å²) >= 11 is 6.06. The van der Waals surface area contributed by atoms with Crippen LogP contribution in [-0.4, -0.2) is 35.3 Å². The number of carbonyl (C=O) groups excluding carboxylic acids is 1. The predicted octanol–water partition coefficient (Wildman–Crippen LogP) is 3.88. The molecule has 1 aliphatic rings. The molecule has 1 atom stereocenters. The standard InChI is InChI=1S/C20H27ClN4O.ClH/c1-20(2,12-15-5-3-6-16(21)11-15)14-23-19(26)18-8-10-25(24-18)17-7-4-9-22-13-17;/h3,5-6,8,10-11,17,22H,4,7,9,12-14H2,1-2H3,(H,23,26);1H. The largest absolute Gasteiger partial charge is 0.350 e. The van der Waals surface area contributed by atoms with Crippen LogP contribution in [0, 0.1) is 5.41 Å². The minimum absolute atomic E-state index is 0. The maximum atomic E-state index is 12.5. The molecule has 2 aromatic rings. The zero-order chi connectivity index (χ0) is 18.6. The molecular formula is C20H28Cl2N4O. The molecule has 2 heterocycles. The Labute approximate surface area is 172 Å². The average molecular weight is 411 g/mol. The molecule has 0 saturated carbocycles. The smallest absolute Gasteiger partial charge is 0.271 e. The lowest BCUT2D eigenvalue weighted by Gasteiger charge is -2.25. The van der Waals surface area contributed by atoms with Gasteiger partial charge in [0.05, 0.1) is 6.04 Å². The van der Waals surface area contributed by atoms with Gasteiger partial charge < -0.3 is 10.6 Å². The molecule has 1 aromatic heterocycles. The van der Waals surface area contributed by atoms with E-state index in [-0.39, 0.29) is 23.7 Å². The molecule has 1 amide bonds. The van der Waals surface area contributed by atoms with Crippen LogP contribution in [0.15, 0.2) is 36.5 Å². The van der Waals surface area contributed by atoms with Crippen LogP contribution in [0.3, 0.4) is 0 Å². The van der Waals surface area contributed by atoms with E-state index >= 15 is 0 Å². The predicted molar refractivity (Wildman–Crippen MR) is 112 cm³/mol. The van der Waals surface area contributed by atoms with E-state index < -0.39 is 0 Å². The van der Waals surface area contributed by atoms with Gasteiger partial charge >= 0.3 is 0 Å².